The Kier molecular flexibility index (Phi) is 5.88. The predicted octanol–water partition coefficient (Wildman–Crippen LogP) is -0.716. The van der Waals surface area contributed by atoms with Gasteiger partial charge in [-0.25, -0.2) is 13.1 Å². The molecule has 0 aromatic heterocycles. The predicted molar refractivity (Wildman–Crippen MR) is 66.3 cm³/mol. The van der Waals surface area contributed by atoms with Crippen LogP contribution in [0.4, 0.5) is 0 Å². The maximum absolute atomic E-state index is 11.6. The highest BCUT2D eigenvalue weighted by molar-refractivity contribution is 7.89. The van der Waals surface area contributed by atoms with Crippen molar-refractivity contribution in [1.82, 2.24) is 10.0 Å². The first-order valence-corrected chi connectivity index (χ1v) is 8.85. The molecule has 1 rings (SSSR count). The average Bonchev–Trinajstić information content (AvgIpc) is 2.17. The quantitative estimate of drug-likeness (QED) is 0.667. The fourth-order valence-electron chi connectivity index (χ4n) is 1.78. The van der Waals surface area contributed by atoms with Gasteiger partial charge < -0.3 is 5.32 Å². The highest BCUT2D eigenvalue weighted by atomic mass is 32.2. The second-order valence-corrected chi connectivity index (χ2v) is 7.57. The van der Waals surface area contributed by atoms with Crippen molar-refractivity contribution in [1.29, 1.82) is 0 Å². The van der Waals surface area contributed by atoms with E-state index in [-0.39, 0.29) is 18.2 Å². The van der Waals surface area contributed by atoms with Crippen molar-refractivity contribution in [2.24, 2.45) is 5.92 Å². The number of sulfonamides is 1. The van der Waals surface area contributed by atoms with Crippen LogP contribution in [0.25, 0.3) is 0 Å². The van der Waals surface area contributed by atoms with Crippen LogP contribution in [0.2, 0.25) is 0 Å². The highest BCUT2D eigenvalue weighted by Crippen LogP contribution is 2.11. The van der Waals surface area contributed by atoms with Crippen LogP contribution in [-0.4, -0.2) is 50.0 Å². The zero-order valence-corrected chi connectivity index (χ0v) is 11.2. The van der Waals surface area contributed by atoms with Crippen LogP contribution in [0.3, 0.4) is 0 Å². The molecule has 1 aliphatic rings. The summed E-state index contributed by atoms with van der Waals surface area (Å²) in [6.45, 7) is 2.03. The molecule has 1 saturated heterocycles. The smallest absolute Gasteiger partial charge is 0.211 e. The van der Waals surface area contributed by atoms with Crippen LogP contribution in [0.5, 0.6) is 0 Å². The van der Waals surface area contributed by atoms with E-state index in [0.29, 0.717) is 5.75 Å². The van der Waals surface area contributed by atoms with E-state index in [9.17, 15) is 12.6 Å². The summed E-state index contributed by atoms with van der Waals surface area (Å²) in [5, 5.41) is 3.19. The molecule has 0 aromatic carbocycles. The van der Waals surface area contributed by atoms with Crippen molar-refractivity contribution in [3.05, 3.63) is 0 Å². The van der Waals surface area contributed by atoms with E-state index in [1.807, 2.05) is 0 Å². The Morgan fingerprint density at radius 1 is 1.50 bits per heavy atom. The van der Waals surface area contributed by atoms with Gasteiger partial charge in [0, 0.05) is 29.4 Å². The summed E-state index contributed by atoms with van der Waals surface area (Å²) in [4.78, 5) is 0. The molecule has 0 saturated carbocycles. The Labute approximate surface area is 99.9 Å². The molecule has 0 spiro atoms. The van der Waals surface area contributed by atoms with Gasteiger partial charge in [-0.15, -0.1) is 0 Å². The lowest BCUT2D eigenvalue weighted by Crippen LogP contribution is -2.38. The topological polar surface area (TPSA) is 75.3 Å². The molecule has 0 radical (unpaired) electrons. The summed E-state index contributed by atoms with van der Waals surface area (Å²) in [6, 6.07) is 0. The van der Waals surface area contributed by atoms with Gasteiger partial charge in [-0.3, -0.25) is 4.21 Å². The van der Waals surface area contributed by atoms with Crippen molar-refractivity contribution < 1.29 is 12.6 Å². The number of nitrogens with one attached hydrogen (secondary N) is 2. The van der Waals surface area contributed by atoms with Crippen molar-refractivity contribution in [3.63, 3.8) is 0 Å². The van der Waals surface area contributed by atoms with Gasteiger partial charge in [-0.1, -0.05) is 0 Å². The summed E-state index contributed by atoms with van der Waals surface area (Å²) in [7, 11) is -4.15. The van der Waals surface area contributed by atoms with Gasteiger partial charge in [0.2, 0.25) is 10.0 Å². The van der Waals surface area contributed by atoms with Gasteiger partial charge in [0.25, 0.3) is 0 Å². The van der Waals surface area contributed by atoms with E-state index in [2.05, 4.69) is 10.0 Å². The fourth-order valence-corrected chi connectivity index (χ4v) is 3.73. The second-order valence-electron chi connectivity index (χ2n) is 4.17. The van der Waals surface area contributed by atoms with Gasteiger partial charge in [0.15, 0.2) is 0 Å². The van der Waals surface area contributed by atoms with Crippen LogP contribution >= 0.6 is 0 Å². The minimum Gasteiger partial charge on any atom is -0.316 e. The number of hydrogen-bond donors (Lipinski definition) is 2. The summed E-state index contributed by atoms with van der Waals surface area (Å²) in [5.74, 6) is 0.761. The Morgan fingerprint density at radius 2 is 2.25 bits per heavy atom. The Hall–Kier alpha value is 0.0200. The van der Waals surface area contributed by atoms with E-state index in [1.165, 1.54) is 0 Å². The first-order valence-electron chi connectivity index (χ1n) is 5.48. The maximum Gasteiger partial charge on any atom is 0.211 e. The molecule has 2 N–H and O–H groups in total. The molecular formula is C9H20N2O3S2. The molecular weight excluding hydrogens is 248 g/mol. The average molecular weight is 268 g/mol. The molecule has 1 heterocycles. The Morgan fingerprint density at radius 3 is 2.81 bits per heavy atom. The van der Waals surface area contributed by atoms with Crippen LogP contribution < -0.4 is 10.0 Å². The summed E-state index contributed by atoms with van der Waals surface area (Å²) < 4.78 is 36.6. The molecule has 0 aromatic rings. The third kappa shape index (κ3) is 5.93. The standard InChI is InChI=1S/C9H20N2O3S2/c1-15(12)6-5-11-16(13,14)8-9-3-2-4-10-7-9/h9-11H,2-8H2,1H3. The number of rotatable bonds is 6. The summed E-state index contributed by atoms with van der Waals surface area (Å²) in [5.41, 5.74) is 0. The first-order chi connectivity index (χ1) is 7.49. The maximum atomic E-state index is 11.6. The van der Waals surface area contributed by atoms with Crippen molar-refractivity contribution in [2.45, 2.75) is 12.8 Å². The van der Waals surface area contributed by atoms with Gasteiger partial charge in [-0.2, -0.15) is 0 Å². The Bertz CT molecular complexity index is 324. The summed E-state index contributed by atoms with van der Waals surface area (Å²) >= 11 is 0. The van der Waals surface area contributed by atoms with E-state index < -0.39 is 20.8 Å². The highest BCUT2D eigenvalue weighted by Gasteiger charge is 2.20. The molecule has 5 nitrogen and oxygen atoms in total. The second kappa shape index (κ2) is 6.68. The monoisotopic (exact) mass is 268 g/mol. The van der Waals surface area contributed by atoms with Gasteiger partial charge in [-0.05, 0) is 31.8 Å². The first kappa shape index (κ1) is 14.1. The van der Waals surface area contributed by atoms with E-state index in [0.717, 1.165) is 25.9 Å². The number of piperidine rings is 1. The van der Waals surface area contributed by atoms with Crippen LogP contribution in [0, 0.1) is 5.92 Å². The fraction of sp³-hybridized carbons (Fsp3) is 1.00. The molecule has 2 unspecified atom stereocenters. The van der Waals surface area contributed by atoms with Crippen LogP contribution in [0.1, 0.15) is 12.8 Å². The van der Waals surface area contributed by atoms with Crippen LogP contribution in [-0.2, 0) is 20.8 Å². The molecule has 0 aliphatic carbocycles. The Balaban J connectivity index is 2.29. The minimum atomic E-state index is -3.20. The minimum absolute atomic E-state index is 0.177. The zero-order chi connectivity index (χ0) is 12.0. The lowest BCUT2D eigenvalue weighted by molar-refractivity contribution is 0.403. The molecule has 7 heteroatoms. The van der Waals surface area contributed by atoms with E-state index in [1.54, 1.807) is 6.26 Å². The van der Waals surface area contributed by atoms with E-state index in [4.69, 9.17) is 0 Å². The van der Waals surface area contributed by atoms with Crippen LogP contribution in [0.15, 0.2) is 0 Å². The van der Waals surface area contributed by atoms with Crippen molar-refractivity contribution in [3.8, 4) is 0 Å². The molecule has 2 atom stereocenters. The number of hydrogen-bond acceptors (Lipinski definition) is 4. The third-order valence-corrected chi connectivity index (χ3v) is 4.90. The van der Waals surface area contributed by atoms with Crippen molar-refractivity contribution >= 4 is 20.8 Å². The van der Waals surface area contributed by atoms with Gasteiger partial charge in [0.1, 0.15) is 0 Å². The molecule has 16 heavy (non-hydrogen) atoms. The summed E-state index contributed by atoms with van der Waals surface area (Å²) in [6.07, 6.45) is 3.58. The molecule has 0 bridgehead atoms. The SMILES string of the molecule is CS(=O)CCNS(=O)(=O)CC1CCCNC1. The lowest BCUT2D eigenvalue weighted by atomic mass is 10.0. The third-order valence-electron chi connectivity index (χ3n) is 2.57. The molecule has 0 amide bonds. The van der Waals surface area contributed by atoms with Gasteiger partial charge >= 0.3 is 0 Å². The molecule has 96 valence electrons. The molecule has 1 aliphatic heterocycles. The van der Waals surface area contributed by atoms with E-state index >= 15 is 0 Å². The zero-order valence-electron chi connectivity index (χ0n) is 9.57. The largest absolute Gasteiger partial charge is 0.316 e. The normalized spacial score (nSPS) is 24.2. The van der Waals surface area contributed by atoms with Crippen molar-refractivity contribution in [2.75, 3.05) is 37.4 Å². The lowest BCUT2D eigenvalue weighted by Gasteiger charge is -2.22. The molecule has 1 fully saturated rings. The van der Waals surface area contributed by atoms with Gasteiger partial charge in [0.05, 0.1) is 5.75 Å².